The van der Waals surface area contributed by atoms with E-state index >= 15 is 0 Å². The summed E-state index contributed by atoms with van der Waals surface area (Å²) in [7, 11) is 0. The van der Waals surface area contributed by atoms with Crippen LogP contribution in [0.3, 0.4) is 0 Å². The van der Waals surface area contributed by atoms with Crippen molar-refractivity contribution in [3.05, 3.63) is 182 Å². The maximum Gasteiger partial charge on any atom is 0.0788 e. The number of hydrogen-bond acceptors (Lipinski definition) is 1. The predicted molar refractivity (Wildman–Crippen MR) is 219 cm³/mol. The molecule has 0 N–H and O–H groups in total. The van der Waals surface area contributed by atoms with Gasteiger partial charge >= 0.3 is 0 Å². The molecule has 0 spiro atoms. The summed E-state index contributed by atoms with van der Waals surface area (Å²) in [6.07, 6.45) is 0. The molecule has 0 unspecified atom stereocenters. The largest absolute Gasteiger partial charge is 0.307 e. The fourth-order valence-corrected chi connectivity index (χ4v) is 9.48. The number of benzene rings is 8. The Labute approximate surface area is 298 Å². The molecule has 0 saturated heterocycles. The van der Waals surface area contributed by atoms with Crippen LogP contribution in [0.15, 0.2) is 182 Å². The van der Waals surface area contributed by atoms with E-state index in [1.165, 1.54) is 86.0 Å². The second-order valence-electron chi connectivity index (χ2n) is 13.3. The smallest absolute Gasteiger partial charge is 0.0788 e. The molecule has 0 aliphatic rings. The summed E-state index contributed by atoms with van der Waals surface area (Å²) in [4.78, 5) is 0. The standard InChI is InChI=1S/C48H30N2S/c1-3-12-31(13-4-1)33-24-29-44-42(30-33)40-28-27-39-37-16-7-9-20-43(37)50(46(39)47(40)49(44)34-14-5-2-6-15-34)35-25-22-32(23-26-35)36-18-11-19-41-38-17-8-10-21-45(38)51-48(36)41/h1-30H. The van der Waals surface area contributed by atoms with Crippen molar-refractivity contribution < 1.29 is 0 Å². The molecule has 0 saturated carbocycles. The Morgan fingerprint density at radius 3 is 1.71 bits per heavy atom. The molecule has 0 radical (unpaired) electrons. The molecule has 11 aromatic rings. The number of nitrogens with zero attached hydrogens (tertiary/aromatic N) is 2. The molecule has 0 atom stereocenters. The van der Waals surface area contributed by atoms with Crippen LogP contribution in [0.25, 0.3) is 97.4 Å². The van der Waals surface area contributed by atoms with Gasteiger partial charge in [-0.15, -0.1) is 11.3 Å². The predicted octanol–water partition coefficient (Wildman–Crippen LogP) is 13.6. The van der Waals surface area contributed by atoms with Gasteiger partial charge in [-0.2, -0.15) is 0 Å². The van der Waals surface area contributed by atoms with Crippen molar-refractivity contribution in [2.45, 2.75) is 0 Å². The Hall–Kier alpha value is -6.42. The molecule has 0 aliphatic carbocycles. The van der Waals surface area contributed by atoms with Gasteiger partial charge in [0.1, 0.15) is 0 Å². The molecule has 2 nitrogen and oxygen atoms in total. The van der Waals surface area contributed by atoms with Crippen LogP contribution in [0, 0.1) is 0 Å². The van der Waals surface area contributed by atoms with Gasteiger partial charge in [-0.1, -0.05) is 133 Å². The minimum Gasteiger partial charge on any atom is -0.307 e. The van der Waals surface area contributed by atoms with Crippen LogP contribution in [0.4, 0.5) is 0 Å². The lowest BCUT2D eigenvalue weighted by molar-refractivity contribution is 1.15. The number of fused-ring (bicyclic) bond motifs is 10. The van der Waals surface area contributed by atoms with Crippen LogP contribution < -0.4 is 0 Å². The van der Waals surface area contributed by atoms with Crippen molar-refractivity contribution in [3.63, 3.8) is 0 Å². The minimum absolute atomic E-state index is 1.15. The van der Waals surface area contributed by atoms with E-state index < -0.39 is 0 Å². The fraction of sp³-hybridized carbons (Fsp3) is 0. The first kappa shape index (κ1) is 28.4. The first-order valence-electron chi connectivity index (χ1n) is 17.4. The van der Waals surface area contributed by atoms with Crippen LogP contribution >= 0.6 is 11.3 Å². The quantitative estimate of drug-likeness (QED) is 0.177. The Bertz CT molecular complexity index is 3110. The average Bonchev–Trinajstić information content (AvgIpc) is 3.86. The highest BCUT2D eigenvalue weighted by Gasteiger charge is 2.22. The van der Waals surface area contributed by atoms with Gasteiger partial charge in [-0.05, 0) is 70.8 Å². The Morgan fingerprint density at radius 1 is 0.333 bits per heavy atom. The molecule has 0 aliphatic heterocycles. The molecule has 3 aromatic heterocycles. The highest BCUT2D eigenvalue weighted by atomic mass is 32.1. The van der Waals surface area contributed by atoms with E-state index in [0.717, 1.165) is 11.4 Å². The Balaban J connectivity index is 1.19. The van der Waals surface area contributed by atoms with E-state index in [1.807, 2.05) is 11.3 Å². The molecule has 0 amide bonds. The number of para-hydroxylation sites is 2. The molecule has 11 rings (SSSR count). The lowest BCUT2D eigenvalue weighted by Gasteiger charge is -2.13. The van der Waals surface area contributed by atoms with Crippen LogP contribution in [-0.4, -0.2) is 9.13 Å². The molecule has 8 aromatic carbocycles. The van der Waals surface area contributed by atoms with Gasteiger partial charge < -0.3 is 9.13 Å². The summed E-state index contributed by atoms with van der Waals surface area (Å²) in [5.41, 5.74) is 12.1. The molecule has 3 heterocycles. The van der Waals surface area contributed by atoms with Gasteiger partial charge in [0.15, 0.2) is 0 Å². The number of hydrogen-bond donors (Lipinski definition) is 0. The van der Waals surface area contributed by atoms with Crippen LogP contribution in [0.2, 0.25) is 0 Å². The zero-order valence-electron chi connectivity index (χ0n) is 27.6. The molecule has 51 heavy (non-hydrogen) atoms. The zero-order chi connectivity index (χ0) is 33.5. The first-order valence-corrected chi connectivity index (χ1v) is 18.3. The average molecular weight is 667 g/mol. The second-order valence-corrected chi connectivity index (χ2v) is 14.4. The summed E-state index contributed by atoms with van der Waals surface area (Å²) in [5, 5.41) is 7.65. The third kappa shape index (κ3) is 4.22. The Morgan fingerprint density at radius 2 is 0.922 bits per heavy atom. The molecule has 0 fully saturated rings. The first-order chi connectivity index (χ1) is 25.3. The summed E-state index contributed by atoms with van der Waals surface area (Å²) < 4.78 is 7.61. The Kier molecular flexibility index (Phi) is 6.16. The number of aromatic nitrogens is 2. The van der Waals surface area contributed by atoms with Crippen molar-refractivity contribution in [3.8, 4) is 33.6 Å². The van der Waals surface area contributed by atoms with Crippen molar-refractivity contribution in [1.29, 1.82) is 0 Å². The monoisotopic (exact) mass is 666 g/mol. The van der Waals surface area contributed by atoms with Crippen LogP contribution in [0.5, 0.6) is 0 Å². The van der Waals surface area contributed by atoms with Gasteiger partial charge in [0.05, 0.1) is 22.1 Å². The zero-order valence-corrected chi connectivity index (χ0v) is 28.4. The molecular weight excluding hydrogens is 637 g/mol. The highest BCUT2D eigenvalue weighted by molar-refractivity contribution is 7.26. The van der Waals surface area contributed by atoms with Crippen molar-refractivity contribution in [2.75, 3.05) is 0 Å². The third-order valence-electron chi connectivity index (χ3n) is 10.5. The number of rotatable bonds is 4. The molecule has 238 valence electrons. The van der Waals surface area contributed by atoms with Crippen LogP contribution in [-0.2, 0) is 0 Å². The van der Waals surface area contributed by atoms with E-state index in [-0.39, 0.29) is 0 Å². The van der Waals surface area contributed by atoms with Gasteiger partial charge in [0.25, 0.3) is 0 Å². The summed E-state index contributed by atoms with van der Waals surface area (Å²) in [6, 6.07) is 66.6. The third-order valence-corrected chi connectivity index (χ3v) is 11.7. The number of thiophene rings is 1. The summed E-state index contributed by atoms with van der Waals surface area (Å²) in [5.74, 6) is 0. The van der Waals surface area contributed by atoms with E-state index in [2.05, 4.69) is 191 Å². The second kappa shape index (κ2) is 11.0. The molecular formula is C48H30N2S. The molecule has 3 heteroatoms. The molecule has 0 bridgehead atoms. The highest BCUT2D eigenvalue weighted by Crippen LogP contribution is 2.44. The summed E-state index contributed by atoms with van der Waals surface area (Å²) in [6.45, 7) is 0. The van der Waals surface area contributed by atoms with Crippen molar-refractivity contribution in [2.24, 2.45) is 0 Å². The lowest BCUT2D eigenvalue weighted by atomic mass is 10.0. The van der Waals surface area contributed by atoms with Gasteiger partial charge in [-0.3, -0.25) is 0 Å². The van der Waals surface area contributed by atoms with E-state index in [1.54, 1.807) is 0 Å². The SMILES string of the molecule is c1ccc(-c2ccc3c(c2)c2ccc4c5ccccc5n(-c5ccc(-c6cccc7c6sc6ccccc67)cc5)c4c2n3-c2ccccc2)cc1. The van der Waals surface area contributed by atoms with Crippen LogP contribution in [0.1, 0.15) is 0 Å². The van der Waals surface area contributed by atoms with Crippen molar-refractivity contribution in [1.82, 2.24) is 9.13 Å². The van der Waals surface area contributed by atoms with Gasteiger partial charge in [-0.25, -0.2) is 0 Å². The van der Waals surface area contributed by atoms with E-state index in [0.29, 0.717) is 0 Å². The van der Waals surface area contributed by atoms with E-state index in [4.69, 9.17) is 0 Å². The lowest BCUT2D eigenvalue weighted by Crippen LogP contribution is -1.98. The fourth-order valence-electron chi connectivity index (χ4n) is 8.24. The maximum atomic E-state index is 2.48. The summed E-state index contributed by atoms with van der Waals surface area (Å²) >= 11 is 1.88. The maximum absolute atomic E-state index is 2.48. The van der Waals surface area contributed by atoms with Gasteiger partial charge in [0.2, 0.25) is 0 Å². The topological polar surface area (TPSA) is 9.86 Å². The van der Waals surface area contributed by atoms with E-state index in [9.17, 15) is 0 Å². The normalized spacial score (nSPS) is 11.9. The minimum atomic E-state index is 1.15. The van der Waals surface area contributed by atoms with Gasteiger partial charge in [0, 0.05) is 53.1 Å². The van der Waals surface area contributed by atoms with Crippen molar-refractivity contribution >= 4 is 75.1 Å².